The fraction of sp³-hybridized carbons (Fsp3) is 0.353. The van der Waals surface area contributed by atoms with Crippen molar-refractivity contribution in [2.45, 2.75) is 25.3 Å². The maximum atomic E-state index is 13.7. The molecule has 4 heterocycles. The third kappa shape index (κ3) is 2.71. The van der Waals surface area contributed by atoms with Gasteiger partial charge in [0.2, 0.25) is 0 Å². The molecule has 1 saturated heterocycles. The summed E-state index contributed by atoms with van der Waals surface area (Å²) in [6.45, 7) is 1.26. The third-order valence-corrected chi connectivity index (χ3v) is 5.04. The van der Waals surface area contributed by atoms with E-state index in [2.05, 4.69) is 25.3 Å². The van der Waals surface area contributed by atoms with Gasteiger partial charge in [-0.25, -0.2) is 13.8 Å². The Bertz CT molecular complexity index is 1170. The summed E-state index contributed by atoms with van der Waals surface area (Å²) in [6, 6.07) is 6.97. The van der Waals surface area contributed by atoms with Crippen LogP contribution < -0.4 is 4.68 Å². The number of hydrogen-bond acceptors (Lipinski definition) is 5. The van der Waals surface area contributed by atoms with Gasteiger partial charge in [0.1, 0.15) is 6.04 Å². The molecule has 4 aromatic rings. The van der Waals surface area contributed by atoms with Crippen molar-refractivity contribution in [3.05, 3.63) is 35.4 Å². The summed E-state index contributed by atoms with van der Waals surface area (Å²) in [5.74, 6) is -0.251. The van der Waals surface area contributed by atoms with Crippen molar-refractivity contribution in [3.8, 4) is 5.82 Å². The van der Waals surface area contributed by atoms with Gasteiger partial charge >= 0.3 is 10.9 Å². The molecule has 5 rings (SSSR count). The van der Waals surface area contributed by atoms with E-state index < -0.39 is 12.2 Å². The van der Waals surface area contributed by atoms with E-state index in [1.165, 1.54) is 4.57 Å². The van der Waals surface area contributed by atoms with Crippen LogP contribution in [0.5, 0.6) is 0 Å². The van der Waals surface area contributed by atoms with Gasteiger partial charge in [-0.2, -0.15) is 9.67 Å². The van der Waals surface area contributed by atoms with Gasteiger partial charge in [-0.1, -0.05) is 17.1 Å². The van der Waals surface area contributed by atoms with Crippen LogP contribution in [-0.2, 0) is 4.74 Å². The number of fused-ring (bicyclic) bond motifs is 2. The topological polar surface area (TPSA) is 85.4 Å². The molecule has 144 valence electrons. The SMILES string of the molecule is FC(F)c1nc2ccccc2n1-c1nc(Cl)nc2c1n[nH][n+]2C1CCOCC1. The predicted molar refractivity (Wildman–Crippen MR) is 95.6 cm³/mol. The molecule has 1 aliphatic heterocycles. The summed E-state index contributed by atoms with van der Waals surface area (Å²) < 4.78 is 36.0. The molecule has 0 radical (unpaired) electrons. The predicted octanol–water partition coefficient (Wildman–Crippen LogP) is 2.92. The quantitative estimate of drug-likeness (QED) is 0.417. The Morgan fingerprint density at radius 1 is 1.18 bits per heavy atom. The first-order valence-corrected chi connectivity index (χ1v) is 9.18. The summed E-state index contributed by atoms with van der Waals surface area (Å²) in [5, 5.41) is 7.20. The molecule has 0 spiro atoms. The van der Waals surface area contributed by atoms with Crippen molar-refractivity contribution in [2.75, 3.05) is 13.2 Å². The molecule has 0 saturated carbocycles. The Morgan fingerprint density at radius 2 is 1.96 bits per heavy atom. The molecule has 0 aliphatic carbocycles. The highest BCUT2D eigenvalue weighted by molar-refractivity contribution is 6.28. The highest BCUT2D eigenvalue weighted by atomic mass is 35.5. The molecular formula is C17H15ClF2N7O+. The summed E-state index contributed by atoms with van der Waals surface area (Å²) in [4.78, 5) is 12.6. The van der Waals surface area contributed by atoms with Crippen LogP contribution in [0, 0.1) is 0 Å². The highest BCUT2D eigenvalue weighted by Crippen LogP contribution is 2.30. The van der Waals surface area contributed by atoms with Gasteiger partial charge in [0.15, 0.2) is 11.6 Å². The van der Waals surface area contributed by atoms with Crippen molar-refractivity contribution in [1.29, 1.82) is 0 Å². The molecule has 1 fully saturated rings. The summed E-state index contributed by atoms with van der Waals surface area (Å²) in [6.07, 6.45) is -1.22. The molecule has 0 unspecified atom stereocenters. The number of halogens is 3. The van der Waals surface area contributed by atoms with E-state index in [4.69, 9.17) is 16.3 Å². The van der Waals surface area contributed by atoms with E-state index in [-0.39, 0.29) is 17.1 Å². The fourth-order valence-electron chi connectivity index (χ4n) is 3.59. The van der Waals surface area contributed by atoms with Gasteiger partial charge < -0.3 is 4.74 Å². The van der Waals surface area contributed by atoms with Crippen LogP contribution in [0.25, 0.3) is 28.0 Å². The Balaban J connectivity index is 1.77. The van der Waals surface area contributed by atoms with Crippen molar-refractivity contribution < 1.29 is 18.2 Å². The number of para-hydroxylation sites is 2. The Kier molecular flexibility index (Phi) is 4.17. The number of nitrogens with one attached hydrogen (secondary N) is 1. The molecule has 11 heteroatoms. The third-order valence-electron chi connectivity index (χ3n) is 4.87. The summed E-state index contributed by atoms with van der Waals surface area (Å²) in [7, 11) is 0. The molecular weight excluding hydrogens is 392 g/mol. The summed E-state index contributed by atoms with van der Waals surface area (Å²) in [5.41, 5.74) is 1.74. The second-order valence-corrected chi connectivity index (χ2v) is 6.85. The average molecular weight is 407 g/mol. The van der Waals surface area contributed by atoms with E-state index in [9.17, 15) is 8.78 Å². The second kappa shape index (κ2) is 6.71. The molecule has 0 bridgehead atoms. The lowest BCUT2D eigenvalue weighted by molar-refractivity contribution is -0.760. The Hall–Kier alpha value is -2.72. The van der Waals surface area contributed by atoms with Crippen LogP contribution in [0.15, 0.2) is 24.3 Å². The van der Waals surface area contributed by atoms with E-state index >= 15 is 0 Å². The Labute approximate surface area is 162 Å². The first-order valence-electron chi connectivity index (χ1n) is 8.80. The van der Waals surface area contributed by atoms with Crippen molar-refractivity contribution in [2.24, 2.45) is 0 Å². The minimum absolute atomic E-state index is 0.0530. The largest absolute Gasteiger partial charge is 0.381 e. The van der Waals surface area contributed by atoms with Crippen LogP contribution in [0.2, 0.25) is 5.28 Å². The van der Waals surface area contributed by atoms with E-state index in [0.29, 0.717) is 35.4 Å². The number of ether oxygens (including phenoxy) is 1. The molecule has 28 heavy (non-hydrogen) atoms. The zero-order valence-corrected chi connectivity index (χ0v) is 15.3. The molecule has 1 aliphatic rings. The lowest BCUT2D eigenvalue weighted by Gasteiger charge is -2.19. The molecule has 0 atom stereocenters. The minimum Gasteiger partial charge on any atom is -0.381 e. The lowest BCUT2D eigenvalue weighted by Crippen LogP contribution is -2.45. The molecule has 3 aromatic heterocycles. The molecule has 8 nitrogen and oxygen atoms in total. The average Bonchev–Trinajstić information content (AvgIpc) is 3.29. The number of benzene rings is 1. The van der Waals surface area contributed by atoms with Crippen LogP contribution in [0.4, 0.5) is 8.78 Å². The molecule has 1 N–H and O–H groups in total. The van der Waals surface area contributed by atoms with Gasteiger partial charge in [0.05, 0.1) is 11.0 Å². The number of nitrogens with zero attached hydrogens (tertiary/aromatic N) is 6. The van der Waals surface area contributed by atoms with Crippen LogP contribution in [-0.4, -0.2) is 43.0 Å². The van der Waals surface area contributed by atoms with Gasteiger partial charge in [-0.05, 0) is 28.8 Å². The zero-order chi connectivity index (χ0) is 19.3. The van der Waals surface area contributed by atoms with Crippen molar-refractivity contribution in [3.63, 3.8) is 0 Å². The van der Waals surface area contributed by atoms with E-state index in [1.54, 1.807) is 28.9 Å². The fourth-order valence-corrected chi connectivity index (χ4v) is 3.75. The standard InChI is InChI=1S/C17H14ClF2N7O/c18-17-22-14(26-11-4-2-1-3-10(11)21-16(26)13(19)20)12-15(23-17)27(25-24-12)9-5-7-28-8-6-9/h1-4,9,13H,5-8H2/p+1. The van der Waals surface area contributed by atoms with Crippen molar-refractivity contribution in [1.82, 2.24) is 29.8 Å². The van der Waals surface area contributed by atoms with E-state index in [0.717, 1.165) is 12.8 Å². The monoisotopic (exact) mass is 406 g/mol. The maximum absolute atomic E-state index is 13.7. The number of rotatable bonds is 3. The van der Waals surface area contributed by atoms with Crippen molar-refractivity contribution >= 4 is 33.8 Å². The molecule has 0 amide bonds. The normalized spacial score (nSPS) is 15.9. The Morgan fingerprint density at radius 3 is 2.75 bits per heavy atom. The smallest absolute Gasteiger partial charge is 0.332 e. The number of alkyl halides is 2. The van der Waals surface area contributed by atoms with Gasteiger partial charge in [0.25, 0.3) is 11.9 Å². The summed E-state index contributed by atoms with van der Waals surface area (Å²) >= 11 is 6.17. The number of aromatic amines is 1. The number of H-pyrrole nitrogens is 1. The maximum Gasteiger partial charge on any atom is 0.332 e. The van der Waals surface area contributed by atoms with Gasteiger partial charge in [-0.3, -0.25) is 4.57 Å². The first-order chi connectivity index (χ1) is 13.6. The first kappa shape index (κ1) is 17.4. The minimum atomic E-state index is -2.79. The van der Waals surface area contributed by atoms with Gasteiger partial charge in [0, 0.05) is 26.1 Å². The zero-order valence-electron chi connectivity index (χ0n) is 14.5. The van der Waals surface area contributed by atoms with Crippen LogP contribution >= 0.6 is 11.6 Å². The van der Waals surface area contributed by atoms with Gasteiger partial charge in [-0.15, -0.1) is 5.21 Å². The lowest BCUT2D eigenvalue weighted by atomic mass is 10.1. The van der Waals surface area contributed by atoms with Crippen LogP contribution in [0.3, 0.4) is 0 Å². The van der Waals surface area contributed by atoms with E-state index in [1.807, 2.05) is 0 Å². The second-order valence-electron chi connectivity index (χ2n) is 6.51. The van der Waals surface area contributed by atoms with Crippen LogP contribution in [0.1, 0.15) is 31.1 Å². The highest BCUT2D eigenvalue weighted by Gasteiger charge is 2.31. The number of aromatic nitrogens is 7. The molecule has 1 aromatic carbocycles. The number of imidazole rings is 1. The number of hydrogen-bond donors (Lipinski definition) is 1.